The fourth-order valence-electron chi connectivity index (χ4n) is 1.89. The summed E-state index contributed by atoms with van der Waals surface area (Å²) in [5.41, 5.74) is 7.88. The smallest absolute Gasteiger partial charge is 0.326 e. The van der Waals surface area contributed by atoms with Crippen LogP contribution in [0.1, 0.15) is 18.1 Å². The molecule has 0 saturated carbocycles. The number of anilines is 1. The number of nitrogens with zero attached hydrogens (tertiary/aromatic N) is 1. The number of pyridine rings is 1. The van der Waals surface area contributed by atoms with Crippen molar-refractivity contribution in [3.8, 4) is 0 Å². The van der Waals surface area contributed by atoms with Crippen LogP contribution in [0.4, 0.5) is 5.69 Å². The Morgan fingerprint density at radius 3 is 2.48 bits per heavy atom. The predicted octanol–water partition coefficient (Wildman–Crippen LogP) is 1.74. The third-order valence-corrected chi connectivity index (χ3v) is 3.14. The highest BCUT2D eigenvalue weighted by molar-refractivity contribution is 5.69. The number of nitrogens with two attached hydrogens (primary N) is 1. The third kappa shape index (κ3) is 4.21. The molecule has 0 spiro atoms. The normalized spacial score (nSPS) is 10.3. The Labute approximate surface area is 123 Å². The number of carbonyl (C=O) groups is 1. The van der Waals surface area contributed by atoms with Crippen LogP contribution in [-0.4, -0.2) is 10.5 Å². The van der Waals surface area contributed by atoms with Crippen LogP contribution in [0.25, 0.3) is 0 Å². The molecule has 0 unspecified atom stereocenters. The summed E-state index contributed by atoms with van der Waals surface area (Å²) in [6, 6.07) is 10.7. The number of hydrogen-bond donors (Lipinski definition) is 1. The van der Waals surface area contributed by atoms with E-state index in [1.165, 1.54) is 28.5 Å². The Bertz CT molecular complexity index is 675. The summed E-state index contributed by atoms with van der Waals surface area (Å²) < 4.78 is 6.39. The van der Waals surface area contributed by atoms with Crippen molar-refractivity contribution in [3.63, 3.8) is 0 Å². The molecule has 0 saturated heterocycles. The van der Waals surface area contributed by atoms with Gasteiger partial charge in [0.05, 0.1) is 0 Å². The average Bonchev–Trinajstić information content (AvgIpc) is 2.49. The number of rotatable bonds is 5. The van der Waals surface area contributed by atoms with Crippen LogP contribution in [0.2, 0.25) is 0 Å². The van der Waals surface area contributed by atoms with Gasteiger partial charge in [0, 0.05) is 18.0 Å². The molecule has 2 aromatic rings. The summed E-state index contributed by atoms with van der Waals surface area (Å²) in [4.78, 5) is 23.3. The minimum Gasteiger partial charge on any atom is -0.459 e. The van der Waals surface area contributed by atoms with Gasteiger partial charge in [0.15, 0.2) is 0 Å². The molecule has 0 atom stereocenters. The van der Waals surface area contributed by atoms with Gasteiger partial charge in [-0.3, -0.25) is 9.59 Å². The standard InChI is InChI=1S/C16H18N2O3/c1-2-12-3-5-13(6-4-12)11-21-16(20)10-18-9-14(17)7-8-15(18)19/h3-9H,2,10-11,17H2,1H3. The number of benzene rings is 1. The Balaban J connectivity index is 1.92. The first kappa shape index (κ1) is 14.8. The molecule has 0 aliphatic carbocycles. The number of esters is 1. The number of ether oxygens (including phenoxy) is 1. The molecular weight excluding hydrogens is 268 g/mol. The van der Waals surface area contributed by atoms with Gasteiger partial charge in [0.1, 0.15) is 13.2 Å². The molecule has 0 bridgehead atoms. The van der Waals surface area contributed by atoms with E-state index in [1.54, 1.807) is 0 Å². The van der Waals surface area contributed by atoms with Crippen LogP contribution < -0.4 is 11.3 Å². The quantitative estimate of drug-likeness (QED) is 0.850. The minimum atomic E-state index is -0.470. The number of aromatic nitrogens is 1. The van der Waals surface area contributed by atoms with Crippen molar-refractivity contribution in [1.29, 1.82) is 0 Å². The molecule has 1 aromatic carbocycles. The molecule has 1 heterocycles. The number of aryl methyl sites for hydroxylation is 1. The van der Waals surface area contributed by atoms with Gasteiger partial charge < -0.3 is 15.0 Å². The zero-order valence-corrected chi connectivity index (χ0v) is 11.9. The number of nitrogen functional groups attached to an aromatic ring is 1. The Hall–Kier alpha value is -2.56. The van der Waals surface area contributed by atoms with E-state index in [1.807, 2.05) is 24.3 Å². The third-order valence-electron chi connectivity index (χ3n) is 3.14. The maximum absolute atomic E-state index is 11.7. The highest BCUT2D eigenvalue weighted by Gasteiger charge is 2.06. The van der Waals surface area contributed by atoms with Crippen molar-refractivity contribution in [2.45, 2.75) is 26.5 Å². The van der Waals surface area contributed by atoms with Gasteiger partial charge in [-0.2, -0.15) is 0 Å². The summed E-state index contributed by atoms with van der Waals surface area (Å²) >= 11 is 0. The van der Waals surface area contributed by atoms with E-state index in [0.717, 1.165) is 12.0 Å². The van der Waals surface area contributed by atoms with Crippen molar-refractivity contribution in [2.75, 3.05) is 5.73 Å². The molecular formula is C16H18N2O3. The highest BCUT2D eigenvalue weighted by Crippen LogP contribution is 2.06. The first-order valence-electron chi connectivity index (χ1n) is 6.78. The van der Waals surface area contributed by atoms with Crippen molar-refractivity contribution < 1.29 is 9.53 Å². The molecule has 2 N–H and O–H groups in total. The zero-order chi connectivity index (χ0) is 15.2. The summed E-state index contributed by atoms with van der Waals surface area (Å²) in [5, 5.41) is 0. The molecule has 0 radical (unpaired) electrons. The molecule has 0 aliphatic rings. The molecule has 1 aromatic heterocycles. The van der Waals surface area contributed by atoms with Gasteiger partial charge in [-0.25, -0.2) is 0 Å². The number of hydrogen-bond acceptors (Lipinski definition) is 4. The van der Waals surface area contributed by atoms with Crippen molar-refractivity contribution in [1.82, 2.24) is 4.57 Å². The van der Waals surface area contributed by atoms with Crippen molar-refractivity contribution in [3.05, 3.63) is 64.1 Å². The second-order valence-corrected chi connectivity index (χ2v) is 4.76. The van der Waals surface area contributed by atoms with Crippen LogP contribution in [0.5, 0.6) is 0 Å². The van der Waals surface area contributed by atoms with Gasteiger partial charge in [-0.15, -0.1) is 0 Å². The van der Waals surface area contributed by atoms with Crippen LogP contribution in [-0.2, 0) is 29.1 Å². The second-order valence-electron chi connectivity index (χ2n) is 4.76. The monoisotopic (exact) mass is 286 g/mol. The first-order chi connectivity index (χ1) is 10.1. The topological polar surface area (TPSA) is 74.3 Å². The molecule has 21 heavy (non-hydrogen) atoms. The van der Waals surface area contributed by atoms with E-state index >= 15 is 0 Å². The summed E-state index contributed by atoms with van der Waals surface area (Å²) in [6.07, 6.45) is 2.40. The van der Waals surface area contributed by atoms with E-state index in [9.17, 15) is 9.59 Å². The van der Waals surface area contributed by atoms with Crippen LogP contribution in [0, 0.1) is 0 Å². The molecule has 0 fully saturated rings. The molecule has 5 nitrogen and oxygen atoms in total. The molecule has 110 valence electrons. The van der Waals surface area contributed by atoms with Gasteiger partial charge >= 0.3 is 5.97 Å². The largest absolute Gasteiger partial charge is 0.459 e. The predicted molar refractivity (Wildman–Crippen MR) is 80.7 cm³/mol. The van der Waals surface area contributed by atoms with E-state index in [2.05, 4.69) is 6.92 Å². The molecule has 0 amide bonds. The van der Waals surface area contributed by atoms with Gasteiger partial charge in [0.25, 0.3) is 5.56 Å². The van der Waals surface area contributed by atoms with E-state index in [4.69, 9.17) is 10.5 Å². The van der Waals surface area contributed by atoms with E-state index < -0.39 is 5.97 Å². The summed E-state index contributed by atoms with van der Waals surface area (Å²) in [5.74, 6) is -0.470. The van der Waals surface area contributed by atoms with Crippen LogP contribution in [0.15, 0.2) is 47.4 Å². The lowest BCUT2D eigenvalue weighted by molar-refractivity contribution is -0.145. The van der Waals surface area contributed by atoms with Crippen LogP contribution >= 0.6 is 0 Å². The Morgan fingerprint density at radius 2 is 1.81 bits per heavy atom. The molecule has 0 aliphatic heterocycles. The maximum atomic E-state index is 11.7. The van der Waals surface area contributed by atoms with Gasteiger partial charge in [-0.05, 0) is 23.6 Å². The van der Waals surface area contributed by atoms with Crippen molar-refractivity contribution >= 4 is 11.7 Å². The highest BCUT2D eigenvalue weighted by atomic mass is 16.5. The second kappa shape index (κ2) is 6.74. The van der Waals surface area contributed by atoms with Gasteiger partial charge in [-0.1, -0.05) is 31.2 Å². The fourth-order valence-corrected chi connectivity index (χ4v) is 1.89. The lowest BCUT2D eigenvalue weighted by Gasteiger charge is -2.08. The van der Waals surface area contributed by atoms with Crippen LogP contribution in [0.3, 0.4) is 0 Å². The SMILES string of the molecule is CCc1ccc(COC(=O)Cn2cc(N)ccc2=O)cc1. The summed E-state index contributed by atoms with van der Waals surface area (Å²) in [6.45, 7) is 2.13. The minimum absolute atomic E-state index is 0.142. The lowest BCUT2D eigenvalue weighted by atomic mass is 10.1. The first-order valence-corrected chi connectivity index (χ1v) is 6.78. The fraction of sp³-hybridized carbons (Fsp3) is 0.250. The molecule has 5 heteroatoms. The van der Waals surface area contributed by atoms with E-state index in [0.29, 0.717) is 5.69 Å². The average molecular weight is 286 g/mol. The summed E-state index contributed by atoms with van der Waals surface area (Å²) in [7, 11) is 0. The molecule has 2 rings (SSSR count). The maximum Gasteiger partial charge on any atom is 0.326 e. The zero-order valence-electron chi connectivity index (χ0n) is 11.9. The lowest BCUT2D eigenvalue weighted by Crippen LogP contribution is -2.24. The Morgan fingerprint density at radius 1 is 1.14 bits per heavy atom. The number of carbonyl (C=O) groups excluding carboxylic acids is 1. The Kier molecular flexibility index (Phi) is 4.77. The van der Waals surface area contributed by atoms with E-state index in [-0.39, 0.29) is 18.7 Å². The van der Waals surface area contributed by atoms with Crippen molar-refractivity contribution in [2.24, 2.45) is 0 Å². The van der Waals surface area contributed by atoms with Gasteiger partial charge in [0.2, 0.25) is 0 Å².